The Morgan fingerprint density at radius 1 is 1.33 bits per heavy atom. The second-order valence-corrected chi connectivity index (χ2v) is 7.65. The van der Waals surface area contributed by atoms with Gasteiger partial charge in [-0.1, -0.05) is 11.6 Å². The number of thiophene rings is 1. The molecule has 1 amide bonds. The van der Waals surface area contributed by atoms with E-state index in [4.69, 9.17) is 11.6 Å². The zero-order valence-corrected chi connectivity index (χ0v) is 13.3. The zero-order chi connectivity index (χ0) is 15.5. The van der Waals surface area contributed by atoms with Gasteiger partial charge in [0, 0.05) is 11.1 Å². The van der Waals surface area contributed by atoms with Crippen molar-refractivity contribution in [3.05, 3.63) is 46.1 Å². The molecule has 112 valence electrons. The third-order valence-corrected chi connectivity index (χ3v) is 5.80. The van der Waals surface area contributed by atoms with Crippen molar-refractivity contribution in [1.82, 2.24) is 15.0 Å². The van der Waals surface area contributed by atoms with E-state index < -0.39 is 10.0 Å². The Morgan fingerprint density at radius 2 is 2.10 bits per heavy atom. The van der Waals surface area contributed by atoms with Gasteiger partial charge in [-0.15, -0.1) is 11.3 Å². The maximum atomic E-state index is 11.9. The van der Waals surface area contributed by atoms with Crippen LogP contribution in [0.5, 0.6) is 0 Å². The molecule has 2 aromatic rings. The molecule has 0 aliphatic heterocycles. The topological polar surface area (TPSA) is 88.2 Å². The van der Waals surface area contributed by atoms with Crippen LogP contribution in [-0.2, 0) is 16.6 Å². The number of pyridine rings is 1. The first-order valence-electron chi connectivity index (χ1n) is 5.84. The normalized spacial score (nSPS) is 11.3. The van der Waals surface area contributed by atoms with E-state index in [9.17, 15) is 13.2 Å². The number of amides is 1. The number of nitrogens with one attached hydrogen (secondary N) is 2. The highest BCUT2D eigenvalue weighted by molar-refractivity contribution is 7.91. The predicted octanol–water partition coefficient (Wildman–Crippen LogP) is 1.63. The molecule has 0 atom stereocenters. The number of halogens is 1. The van der Waals surface area contributed by atoms with E-state index in [0.29, 0.717) is 10.7 Å². The first kappa shape index (κ1) is 15.9. The smallest absolute Gasteiger partial charge is 0.253 e. The number of carbonyl (C=O) groups is 1. The minimum absolute atomic E-state index is 0.211. The van der Waals surface area contributed by atoms with Gasteiger partial charge in [-0.05, 0) is 31.3 Å². The maximum absolute atomic E-state index is 11.9. The Morgan fingerprint density at radius 3 is 2.71 bits per heavy atom. The fourth-order valence-electron chi connectivity index (χ4n) is 1.48. The maximum Gasteiger partial charge on any atom is 0.253 e. The summed E-state index contributed by atoms with van der Waals surface area (Å²) in [5, 5.41) is 3.00. The lowest BCUT2D eigenvalue weighted by molar-refractivity contribution is 0.0951. The number of carbonyl (C=O) groups excluding carboxylic acids is 1. The summed E-state index contributed by atoms with van der Waals surface area (Å²) in [6, 6.07) is 6.26. The fourth-order valence-corrected chi connectivity index (χ4v) is 3.72. The lowest BCUT2D eigenvalue weighted by Gasteiger charge is -2.03. The highest BCUT2D eigenvalue weighted by atomic mass is 35.5. The molecule has 0 aliphatic rings. The number of nitrogens with zero attached hydrogens (tertiary/aromatic N) is 1. The van der Waals surface area contributed by atoms with E-state index in [1.54, 1.807) is 12.1 Å². The summed E-state index contributed by atoms with van der Waals surface area (Å²) in [5.41, 5.74) is 0.388. The van der Waals surface area contributed by atoms with Gasteiger partial charge in [-0.25, -0.2) is 18.1 Å². The number of aromatic nitrogens is 1. The summed E-state index contributed by atoms with van der Waals surface area (Å²) in [7, 11) is -2.09. The van der Waals surface area contributed by atoms with Gasteiger partial charge in [0.05, 0.1) is 12.1 Å². The van der Waals surface area contributed by atoms with Crippen LogP contribution in [0.4, 0.5) is 0 Å². The van der Waals surface area contributed by atoms with Crippen molar-refractivity contribution >= 4 is 38.9 Å². The van der Waals surface area contributed by atoms with Crippen LogP contribution < -0.4 is 10.0 Å². The molecule has 0 unspecified atom stereocenters. The van der Waals surface area contributed by atoms with E-state index in [1.807, 2.05) is 0 Å². The molecule has 0 radical (unpaired) electrons. The third-order valence-electron chi connectivity index (χ3n) is 2.58. The van der Waals surface area contributed by atoms with Gasteiger partial charge in [0.1, 0.15) is 9.36 Å². The van der Waals surface area contributed by atoms with Gasteiger partial charge in [0.2, 0.25) is 10.0 Å². The van der Waals surface area contributed by atoms with Gasteiger partial charge in [-0.2, -0.15) is 0 Å². The number of hydrogen-bond acceptors (Lipinski definition) is 5. The van der Waals surface area contributed by atoms with Crippen LogP contribution >= 0.6 is 22.9 Å². The van der Waals surface area contributed by atoms with Crippen LogP contribution in [0.2, 0.25) is 5.15 Å². The lowest BCUT2D eigenvalue weighted by atomic mass is 10.2. The summed E-state index contributed by atoms with van der Waals surface area (Å²) in [6.45, 7) is 0.241. The predicted molar refractivity (Wildman–Crippen MR) is 81.0 cm³/mol. The highest BCUT2D eigenvalue weighted by Gasteiger charge is 2.14. The first-order chi connectivity index (χ1) is 9.92. The van der Waals surface area contributed by atoms with Crippen LogP contribution in [0.3, 0.4) is 0 Å². The average molecular weight is 346 g/mol. The van der Waals surface area contributed by atoms with Crippen molar-refractivity contribution in [1.29, 1.82) is 0 Å². The SMILES string of the molecule is CNS(=O)(=O)c1ccc(CNC(=O)c2ccc(Cl)nc2)s1. The molecule has 6 nitrogen and oxygen atoms in total. The standard InChI is InChI=1S/C12H12ClN3O3S2/c1-14-21(18,19)11-5-3-9(20-11)7-16-12(17)8-2-4-10(13)15-6-8/h2-6,14H,7H2,1H3,(H,16,17). The van der Waals surface area contributed by atoms with E-state index >= 15 is 0 Å². The van der Waals surface area contributed by atoms with Crippen molar-refractivity contribution in [2.24, 2.45) is 0 Å². The van der Waals surface area contributed by atoms with Crippen molar-refractivity contribution in [3.63, 3.8) is 0 Å². The minimum Gasteiger partial charge on any atom is -0.347 e. The summed E-state index contributed by atoms with van der Waals surface area (Å²) < 4.78 is 25.6. The van der Waals surface area contributed by atoms with Gasteiger partial charge >= 0.3 is 0 Å². The summed E-state index contributed by atoms with van der Waals surface area (Å²) in [5.74, 6) is -0.300. The van der Waals surface area contributed by atoms with Gasteiger partial charge < -0.3 is 5.32 Å². The van der Waals surface area contributed by atoms with Crippen LogP contribution in [0.15, 0.2) is 34.7 Å². The Balaban J connectivity index is 2.00. The first-order valence-corrected chi connectivity index (χ1v) is 8.52. The minimum atomic E-state index is -3.44. The van der Waals surface area contributed by atoms with Gasteiger partial charge in [0.15, 0.2) is 0 Å². The Hall–Kier alpha value is -1.48. The van der Waals surface area contributed by atoms with E-state index in [2.05, 4.69) is 15.0 Å². The number of rotatable bonds is 5. The van der Waals surface area contributed by atoms with Crippen LogP contribution in [0.1, 0.15) is 15.2 Å². The van der Waals surface area contributed by atoms with Crippen molar-refractivity contribution < 1.29 is 13.2 Å². The molecule has 2 heterocycles. The van der Waals surface area contributed by atoms with Crippen molar-refractivity contribution in [2.45, 2.75) is 10.8 Å². The van der Waals surface area contributed by atoms with E-state index in [0.717, 1.165) is 16.2 Å². The van der Waals surface area contributed by atoms with Crippen molar-refractivity contribution in [2.75, 3.05) is 7.05 Å². The van der Waals surface area contributed by atoms with E-state index in [-0.39, 0.29) is 16.7 Å². The third kappa shape index (κ3) is 4.01. The fraction of sp³-hybridized carbons (Fsp3) is 0.167. The van der Waals surface area contributed by atoms with Crippen LogP contribution in [0.25, 0.3) is 0 Å². The Labute approximate surface area is 131 Å². The largest absolute Gasteiger partial charge is 0.347 e. The molecular weight excluding hydrogens is 334 g/mol. The molecule has 0 saturated carbocycles. The molecule has 2 rings (SSSR count). The molecule has 0 aromatic carbocycles. The Bertz CT molecular complexity index is 741. The molecule has 0 bridgehead atoms. The molecule has 0 aliphatic carbocycles. The summed E-state index contributed by atoms with van der Waals surface area (Å²) in [4.78, 5) is 16.4. The second-order valence-electron chi connectivity index (χ2n) is 3.98. The highest BCUT2D eigenvalue weighted by Crippen LogP contribution is 2.21. The number of sulfonamides is 1. The molecular formula is C12H12ClN3O3S2. The van der Waals surface area contributed by atoms with Crippen LogP contribution in [-0.4, -0.2) is 26.4 Å². The molecule has 21 heavy (non-hydrogen) atoms. The summed E-state index contributed by atoms with van der Waals surface area (Å²) in [6.07, 6.45) is 1.38. The van der Waals surface area contributed by atoms with Gasteiger partial charge in [-0.3, -0.25) is 4.79 Å². The molecule has 2 aromatic heterocycles. The molecule has 0 saturated heterocycles. The van der Waals surface area contributed by atoms with Gasteiger partial charge in [0.25, 0.3) is 5.91 Å². The number of hydrogen-bond donors (Lipinski definition) is 2. The van der Waals surface area contributed by atoms with Crippen LogP contribution in [0, 0.1) is 0 Å². The zero-order valence-electron chi connectivity index (χ0n) is 11.0. The quantitative estimate of drug-likeness (QED) is 0.806. The summed E-state index contributed by atoms with van der Waals surface area (Å²) >= 11 is 6.75. The molecule has 0 fully saturated rings. The van der Waals surface area contributed by atoms with E-state index in [1.165, 1.54) is 25.4 Å². The molecule has 2 N–H and O–H groups in total. The monoisotopic (exact) mass is 345 g/mol. The lowest BCUT2D eigenvalue weighted by Crippen LogP contribution is -2.22. The molecule has 9 heteroatoms. The van der Waals surface area contributed by atoms with Crippen molar-refractivity contribution in [3.8, 4) is 0 Å². The Kier molecular flexibility index (Phi) is 4.94. The average Bonchev–Trinajstić information content (AvgIpc) is 2.95. The second kappa shape index (κ2) is 6.52. The molecule has 0 spiro atoms.